The van der Waals surface area contributed by atoms with E-state index in [2.05, 4.69) is 0 Å². The van der Waals surface area contributed by atoms with Gasteiger partial charge >= 0.3 is 0 Å². The van der Waals surface area contributed by atoms with Gasteiger partial charge in [0.15, 0.2) is 0 Å². The number of hydrogen-bond donors (Lipinski definition) is 1. The summed E-state index contributed by atoms with van der Waals surface area (Å²) in [5, 5.41) is 0. The van der Waals surface area contributed by atoms with Gasteiger partial charge in [-0.05, 0) is 6.42 Å². The van der Waals surface area contributed by atoms with Gasteiger partial charge in [0.1, 0.15) is 6.61 Å². The number of halogens is 2. The molecular weight excluding hydrogens is 168 g/mol. The number of nitrogens with two attached hydrogens (primary N) is 1. The van der Waals surface area contributed by atoms with Gasteiger partial charge in [-0.2, -0.15) is 0 Å². The average Bonchev–Trinajstić information content (AvgIpc) is 2.03. The maximum atomic E-state index is 11.7. The highest BCUT2D eigenvalue weighted by Crippen LogP contribution is 2.10. The first-order valence-corrected chi connectivity index (χ1v) is 3.93. The van der Waals surface area contributed by atoms with Crippen LogP contribution in [0.1, 0.15) is 6.42 Å². The van der Waals surface area contributed by atoms with E-state index in [9.17, 15) is 8.78 Å². The molecule has 2 unspecified atom stereocenters. The van der Waals surface area contributed by atoms with Crippen molar-refractivity contribution in [3.05, 3.63) is 0 Å². The van der Waals surface area contributed by atoms with Gasteiger partial charge in [0.25, 0.3) is 6.43 Å². The topological polar surface area (TPSA) is 44.5 Å². The fourth-order valence-electron chi connectivity index (χ4n) is 1.10. The number of rotatable bonds is 3. The summed E-state index contributed by atoms with van der Waals surface area (Å²) in [5.74, 6) is 0. The minimum absolute atomic E-state index is 0.169. The highest BCUT2D eigenvalue weighted by atomic mass is 19.3. The molecule has 72 valence electrons. The van der Waals surface area contributed by atoms with Crippen molar-refractivity contribution in [1.82, 2.24) is 0 Å². The van der Waals surface area contributed by atoms with Crippen LogP contribution in [0, 0.1) is 0 Å². The maximum Gasteiger partial charge on any atom is 0.261 e. The first-order chi connectivity index (χ1) is 5.70. The molecule has 2 atom stereocenters. The van der Waals surface area contributed by atoms with Crippen molar-refractivity contribution in [1.29, 1.82) is 0 Å². The van der Waals surface area contributed by atoms with Crippen LogP contribution in [-0.4, -0.2) is 38.4 Å². The van der Waals surface area contributed by atoms with Crippen molar-refractivity contribution >= 4 is 0 Å². The Bertz CT molecular complexity index is 135. The Balaban J connectivity index is 2.20. The third-order valence-corrected chi connectivity index (χ3v) is 1.79. The molecule has 0 amide bonds. The molecule has 1 heterocycles. The van der Waals surface area contributed by atoms with Crippen LogP contribution in [0.3, 0.4) is 0 Å². The minimum atomic E-state index is -2.43. The van der Waals surface area contributed by atoms with Crippen molar-refractivity contribution in [3.8, 4) is 0 Å². The van der Waals surface area contributed by atoms with Gasteiger partial charge in [-0.1, -0.05) is 0 Å². The van der Waals surface area contributed by atoms with Gasteiger partial charge in [-0.3, -0.25) is 0 Å². The standard InChI is InChI=1S/C7H13F2NO2/c8-7(9)4-12-6-3-11-2-1-5(6)10/h5-7H,1-4,10H2. The Hall–Kier alpha value is -0.260. The molecule has 0 aromatic rings. The minimum Gasteiger partial charge on any atom is -0.379 e. The van der Waals surface area contributed by atoms with E-state index >= 15 is 0 Å². The van der Waals surface area contributed by atoms with Gasteiger partial charge in [0.05, 0.1) is 12.7 Å². The molecule has 1 aliphatic rings. The van der Waals surface area contributed by atoms with Crippen molar-refractivity contribution in [2.24, 2.45) is 5.73 Å². The van der Waals surface area contributed by atoms with Crippen molar-refractivity contribution in [3.63, 3.8) is 0 Å². The van der Waals surface area contributed by atoms with Crippen LogP contribution in [0.15, 0.2) is 0 Å². The molecule has 12 heavy (non-hydrogen) atoms. The van der Waals surface area contributed by atoms with Crippen molar-refractivity contribution < 1.29 is 18.3 Å². The van der Waals surface area contributed by atoms with E-state index in [0.717, 1.165) is 0 Å². The molecule has 0 aromatic carbocycles. The maximum absolute atomic E-state index is 11.7. The summed E-state index contributed by atoms with van der Waals surface area (Å²) >= 11 is 0. The average molecular weight is 181 g/mol. The molecule has 1 rings (SSSR count). The van der Waals surface area contributed by atoms with Gasteiger partial charge in [-0.15, -0.1) is 0 Å². The van der Waals surface area contributed by atoms with Crippen LogP contribution in [0.25, 0.3) is 0 Å². The summed E-state index contributed by atoms with van der Waals surface area (Å²) < 4.78 is 33.3. The van der Waals surface area contributed by atoms with Crippen LogP contribution in [0.5, 0.6) is 0 Å². The van der Waals surface area contributed by atoms with E-state index in [0.29, 0.717) is 19.6 Å². The molecule has 0 saturated carbocycles. The second kappa shape index (κ2) is 4.69. The zero-order valence-electron chi connectivity index (χ0n) is 6.71. The summed E-state index contributed by atoms with van der Waals surface area (Å²) in [4.78, 5) is 0. The summed E-state index contributed by atoms with van der Waals surface area (Å²) in [6.45, 7) is 0.366. The molecule has 1 fully saturated rings. The Morgan fingerprint density at radius 1 is 1.58 bits per heavy atom. The SMILES string of the molecule is NC1CCOCC1OCC(F)F. The molecule has 1 saturated heterocycles. The van der Waals surface area contributed by atoms with Crippen LogP contribution in [0.2, 0.25) is 0 Å². The quantitative estimate of drug-likeness (QED) is 0.684. The smallest absolute Gasteiger partial charge is 0.261 e. The summed E-state index contributed by atoms with van der Waals surface area (Å²) in [6.07, 6.45) is -2.12. The van der Waals surface area contributed by atoms with Gasteiger partial charge in [0, 0.05) is 12.6 Å². The molecule has 0 radical (unpaired) electrons. The normalized spacial score (nSPS) is 31.0. The Kier molecular flexibility index (Phi) is 3.84. The fourth-order valence-corrected chi connectivity index (χ4v) is 1.10. The predicted molar refractivity (Wildman–Crippen MR) is 39.2 cm³/mol. The summed E-state index contributed by atoms with van der Waals surface area (Å²) in [5.41, 5.74) is 5.62. The Morgan fingerprint density at radius 3 is 2.92 bits per heavy atom. The van der Waals surface area contributed by atoms with E-state index in [-0.39, 0.29) is 12.1 Å². The molecular formula is C7H13F2NO2. The summed E-state index contributed by atoms with van der Waals surface area (Å²) in [6, 6.07) is -0.169. The molecule has 0 aliphatic carbocycles. The third-order valence-electron chi connectivity index (χ3n) is 1.79. The fraction of sp³-hybridized carbons (Fsp3) is 1.00. The van der Waals surface area contributed by atoms with E-state index in [1.807, 2.05) is 0 Å². The van der Waals surface area contributed by atoms with Crippen LogP contribution in [-0.2, 0) is 9.47 Å². The monoisotopic (exact) mass is 181 g/mol. The first-order valence-electron chi connectivity index (χ1n) is 3.93. The molecule has 1 aliphatic heterocycles. The second-order valence-corrected chi connectivity index (χ2v) is 2.79. The van der Waals surface area contributed by atoms with E-state index in [1.54, 1.807) is 0 Å². The molecule has 0 spiro atoms. The Morgan fingerprint density at radius 2 is 2.33 bits per heavy atom. The van der Waals surface area contributed by atoms with Gasteiger partial charge in [0.2, 0.25) is 0 Å². The van der Waals surface area contributed by atoms with Crippen LogP contribution < -0.4 is 5.73 Å². The largest absolute Gasteiger partial charge is 0.379 e. The molecule has 0 bridgehead atoms. The number of alkyl halides is 2. The molecule has 3 nitrogen and oxygen atoms in total. The van der Waals surface area contributed by atoms with E-state index in [1.165, 1.54) is 0 Å². The molecule has 0 aromatic heterocycles. The lowest BCUT2D eigenvalue weighted by Crippen LogP contribution is -2.45. The Labute approximate surface area is 69.8 Å². The summed E-state index contributed by atoms with van der Waals surface area (Å²) in [7, 11) is 0. The molecule has 5 heteroatoms. The van der Waals surface area contributed by atoms with E-state index in [4.69, 9.17) is 15.2 Å². The lowest BCUT2D eigenvalue weighted by molar-refractivity contribution is -0.0893. The molecule has 2 N–H and O–H groups in total. The highest BCUT2D eigenvalue weighted by Gasteiger charge is 2.23. The van der Waals surface area contributed by atoms with Crippen molar-refractivity contribution in [2.45, 2.75) is 25.0 Å². The zero-order valence-corrected chi connectivity index (χ0v) is 6.71. The van der Waals surface area contributed by atoms with Crippen LogP contribution >= 0.6 is 0 Å². The van der Waals surface area contributed by atoms with Crippen LogP contribution in [0.4, 0.5) is 8.78 Å². The highest BCUT2D eigenvalue weighted by molar-refractivity contribution is 4.76. The third kappa shape index (κ3) is 3.00. The van der Waals surface area contributed by atoms with Crippen molar-refractivity contribution in [2.75, 3.05) is 19.8 Å². The predicted octanol–water partition coefficient (Wildman–Crippen LogP) is 0.384. The lowest BCUT2D eigenvalue weighted by Gasteiger charge is -2.28. The van der Waals surface area contributed by atoms with Gasteiger partial charge in [-0.25, -0.2) is 8.78 Å². The first kappa shape index (κ1) is 9.83. The lowest BCUT2D eigenvalue weighted by atomic mass is 10.1. The zero-order chi connectivity index (χ0) is 8.97. The number of ether oxygens (including phenoxy) is 2. The van der Waals surface area contributed by atoms with E-state index < -0.39 is 13.0 Å². The second-order valence-electron chi connectivity index (χ2n) is 2.79. The van der Waals surface area contributed by atoms with Gasteiger partial charge < -0.3 is 15.2 Å². The number of hydrogen-bond acceptors (Lipinski definition) is 3.